The lowest BCUT2D eigenvalue weighted by Gasteiger charge is -2.15. The van der Waals surface area contributed by atoms with Gasteiger partial charge in [0, 0.05) is 11.9 Å². The van der Waals surface area contributed by atoms with E-state index in [9.17, 15) is 9.90 Å². The average Bonchev–Trinajstić information content (AvgIpc) is 2.99. The number of carbonyl (C=O) groups is 1. The molecule has 1 aliphatic carbocycles. The van der Waals surface area contributed by atoms with Crippen LogP contribution in [0.3, 0.4) is 0 Å². The summed E-state index contributed by atoms with van der Waals surface area (Å²) in [6.07, 6.45) is 3.31. The number of carboxylic acids is 1. The predicted octanol–water partition coefficient (Wildman–Crippen LogP) is 3.76. The van der Waals surface area contributed by atoms with E-state index in [1.54, 1.807) is 0 Å². The van der Waals surface area contributed by atoms with E-state index in [1.165, 1.54) is 11.3 Å². The van der Waals surface area contributed by atoms with Gasteiger partial charge in [-0.05, 0) is 55.5 Å². The molecule has 25 heavy (non-hydrogen) atoms. The molecule has 2 aromatic heterocycles. The van der Waals surface area contributed by atoms with Crippen molar-refractivity contribution in [1.29, 1.82) is 0 Å². The first kappa shape index (κ1) is 15.7. The van der Waals surface area contributed by atoms with Crippen LogP contribution in [0.5, 0.6) is 0 Å². The molecule has 3 aromatic rings. The van der Waals surface area contributed by atoms with Gasteiger partial charge in [-0.25, -0.2) is 19.7 Å². The van der Waals surface area contributed by atoms with Gasteiger partial charge in [0.15, 0.2) is 0 Å². The molecule has 1 aromatic carbocycles. The van der Waals surface area contributed by atoms with E-state index < -0.39 is 5.97 Å². The van der Waals surface area contributed by atoms with E-state index in [2.05, 4.69) is 26.3 Å². The number of rotatable bonds is 3. The molecule has 6 nitrogen and oxygen atoms in total. The largest absolute Gasteiger partial charge is 0.476 e. The molecule has 126 valence electrons. The molecule has 4 rings (SSSR count). The molecule has 0 saturated carbocycles. The molecule has 2 N–H and O–H groups in total. The molecule has 0 atom stereocenters. The number of nitrogens with one attached hydrogen (secondary N) is 1. The van der Waals surface area contributed by atoms with Crippen LogP contribution >= 0.6 is 11.3 Å². The summed E-state index contributed by atoms with van der Waals surface area (Å²) in [5.74, 6) is -0.495. The third-order valence-corrected chi connectivity index (χ3v) is 5.16. The summed E-state index contributed by atoms with van der Waals surface area (Å²) in [4.78, 5) is 25.3. The van der Waals surface area contributed by atoms with Crippen LogP contribution in [-0.4, -0.2) is 26.0 Å². The zero-order valence-corrected chi connectivity index (χ0v) is 14.6. The van der Waals surface area contributed by atoms with E-state index in [4.69, 9.17) is 0 Å². The Bertz CT molecular complexity index is 976. The summed E-state index contributed by atoms with van der Waals surface area (Å²) in [6.45, 7) is 4.09. The zero-order valence-electron chi connectivity index (χ0n) is 13.8. The molecule has 2 heterocycles. The predicted molar refractivity (Wildman–Crippen MR) is 96.7 cm³/mol. The van der Waals surface area contributed by atoms with E-state index in [0.29, 0.717) is 5.95 Å². The minimum absolute atomic E-state index is 0.111. The highest BCUT2D eigenvalue weighted by Gasteiger charge is 2.25. The molecular weight excluding hydrogens is 336 g/mol. The minimum Gasteiger partial charge on any atom is -0.476 e. The first-order valence-electron chi connectivity index (χ1n) is 7.94. The number of carboxylic acid groups (broad SMARTS) is 1. The maximum absolute atomic E-state index is 11.2. The van der Waals surface area contributed by atoms with Crippen molar-refractivity contribution in [2.45, 2.75) is 26.7 Å². The Morgan fingerprint density at radius 2 is 1.92 bits per heavy atom. The van der Waals surface area contributed by atoms with Crippen LogP contribution < -0.4 is 5.32 Å². The summed E-state index contributed by atoms with van der Waals surface area (Å²) in [5.41, 5.74) is 5.88. The van der Waals surface area contributed by atoms with Crippen molar-refractivity contribution in [2.75, 3.05) is 5.32 Å². The molecular formula is C18H16N4O2S. The Balaban J connectivity index is 1.72. The van der Waals surface area contributed by atoms with Crippen molar-refractivity contribution in [3.05, 3.63) is 51.8 Å². The van der Waals surface area contributed by atoms with Gasteiger partial charge in [-0.1, -0.05) is 6.07 Å². The van der Waals surface area contributed by atoms with Crippen LogP contribution in [0.25, 0.3) is 10.6 Å². The molecule has 0 aliphatic heterocycles. The lowest BCUT2D eigenvalue weighted by Crippen LogP contribution is -2.08. The Hall–Kier alpha value is -2.80. The second kappa shape index (κ2) is 5.93. The number of aromatic nitrogens is 3. The highest BCUT2D eigenvalue weighted by Crippen LogP contribution is 2.36. The average molecular weight is 352 g/mol. The lowest BCUT2D eigenvalue weighted by molar-refractivity contribution is 0.0696. The molecule has 0 bridgehead atoms. The number of fused-ring (bicyclic) bond motifs is 3. The summed E-state index contributed by atoms with van der Waals surface area (Å²) in [6, 6.07) is 6.18. The van der Waals surface area contributed by atoms with Crippen molar-refractivity contribution in [3.8, 4) is 10.6 Å². The summed E-state index contributed by atoms with van der Waals surface area (Å²) >= 11 is 1.18. The third kappa shape index (κ3) is 2.98. The van der Waals surface area contributed by atoms with E-state index in [1.807, 2.05) is 32.2 Å². The summed E-state index contributed by atoms with van der Waals surface area (Å²) < 4.78 is 0. The Morgan fingerprint density at radius 3 is 2.64 bits per heavy atom. The summed E-state index contributed by atoms with van der Waals surface area (Å²) in [5, 5.41) is 12.5. The van der Waals surface area contributed by atoms with Crippen molar-refractivity contribution in [3.63, 3.8) is 0 Å². The van der Waals surface area contributed by atoms with Crippen LogP contribution in [0.2, 0.25) is 0 Å². The molecule has 0 spiro atoms. The van der Waals surface area contributed by atoms with Gasteiger partial charge in [0.2, 0.25) is 11.0 Å². The Kier molecular flexibility index (Phi) is 3.73. The number of aromatic carboxylic acids is 1. The number of benzene rings is 1. The number of nitrogens with zero attached hydrogens (tertiary/aromatic N) is 3. The Labute approximate surface area is 148 Å². The monoisotopic (exact) mass is 352 g/mol. The fraction of sp³-hybridized carbons (Fsp3) is 0.222. The van der Waals surface area contributed by atoms with Gasteiger partial charge >= 0.3 is 5.97 Å². The molecule has 0 saturated heterocycles. The van der Waals surface area contributed by atoms with Crippen LogP contribution in [0, 0.1) is 13.8 Å². The van der Waals surface area contributed by atoms with Crippen LogP contribution in [0.15, 0.2) is 24.4 Å². The molecule has 7 heteroatoms. The van der Waals surface area contributed by atoms with Crippen molar-refractivity contribution >= 4 is 28.9 Å². The fourth-order valence-electron chi connectivity index (χ4n) is 3.07. The zero-order chi connectivity index (χ0) is 17.6. The number of anilines is 2. The van der Waals surface area contributed by atoms with Gasteiger partial charge in [0.25, 0.3) is 0 Å². The topological polar surface area (TPSA) is 88.0 Å². The summed E-state index contributed by atoms with van der Waals surface area (Å²) in [7, 11) is 0. The molecule has 0 radical (unpaired) electrons. The van der Waals surface area contributed by atoms with Crippen molar-refractivity contribution < 1.29 is 9.90 Å². The Morgan fingerprint density at radius 1 is 1.16 bits per heavy atom. The molecule has 0 fully saturated rings. The fourth-order valence-corrected chi connectivity index (χ4v) is 4.05. The smallest absolute Gasteiger partial charge is 0.365 e. The van der Waals surface area contributed by atoms with Crippen molar-refractivity contribution in [2.24, 2.45) is 0 Å². The SMILES string of the molecule is Cc1cc(C)cc(Nc2ncc3c(n2)-c2sc(C(=O)O)nc2CC3)c1. The highest BCUT2D eigenvalue weighted by atomic mass is 32.1. The maximum atomic E-state index is 11.2. The van der Waals surface area contributed by atoms with Crippen LogP contribution in [0.1, 0.15) is 32.2 Å². The molecule has 0 unspecified atom stereocenters. The number of thiazole rings is 1. The van der Waals surface area contributed by atoms with Gasteiger partial charge in [0.1, 0.15) is 0 Å². The minimum atomic E-state index is -0.997. The van der Waals surface area contributed by atoms with Gasteiger partial charge in [0.05, 0.1) is 16.3 Å². The number of aryl methyl sites for hydroxylation is 4. The normalized spacial score (nSPS) is 12.4. The van der Waals surface area contributed by atoms with Crippen LogP contribution in [0.4, 0.5) is 11.6 Å². The first-order chi connectivity index (χ1) is 12.0. The first-order valence-corrected chi connectivity index (χ1v) is 8.76. The van der Waals surface area contributed by atoms with Gasteiger partial charge in [-0.15, -0.1) is 11.3 Å². The highest BCUT2D eigenvalue weighted by molar-refractivity contribution is 7.17. The van der Waals surface area contributed by atoms with Crippen molar-refractivity contribution in [1.82, 2.24) is 15.0 Å². The number of hydrogen-bond acceptors (Lipinski definition) is 6. The third-order valence-electron chi connectivity index (χ3n) is 4.07. The van der Waals surface area contributed by atoms with Gasteiger partial charge in [-0.3, -0.25) is 0 Å². The molecule has 0 amide bonds. The molecule has 1 aliphatic rings. The standard InChI is InChI=1S/C18H16N4O2S/c1-9-5-10(2)7-12(6-9)20-18-19-8-11-3-4-13-15(14(11)22-18)25-16(21-13)17(23)24/h5-8H,3-4H2,1-2H3,(H,23,24)(H,19,20,22). The van der Waals surface area contributed by atoms with Gasteiger partial charge < -0.3 is 10.4 Å². The van der Waals surface area contributed by atoms with E-state index in [-0.39, 0.29) is 5.01 Å². The second-order valence-corrected chi connectivity index (χ2v) is 7.17. The number of hydrogen-bond donors (Lipinski definition) is 2. The second-order valence-electron chi connectivity index (χ2n) is 6.17. The maximum Gasteiger partial charge on any atom is 0.365 e. The van der Waals surface area contributed by atoms with Gasteiger partial charge in [-0.2, -0.15) is 0 Å². The van der Waals surface area contributed by atoms with Crippen LogP contribution in [-0.2, 0) is 12.8 Å². The van der Waals surface area contributed by atoms with E-state index in [0.717, 1.165) is 51.5 Å². The lowest BCUT2D eigenvalue weighted by atomic mass is 10.00. The quantitative estimate of drug-likeness (QED) is 0.746. The van der Waals surface area contributed by atoms with E-state index >= 15 is 0 Å².